The van der Waals surface area contributed by atoms with Crippen molar-refractivity contribution >= 4 is 34.7 Å². The average molecular weight is 250 g/mol. The van der Waals surface area contributed by atoms with Crippen molar-refractivity contribution in [1.82, 2.24) is 5.32 Å². The van der Waals surface area contributed by atoms with Crippen molar-refractivity contribution in [3.63, 3.8) is 0 Å². The van der Waals surface area contributed by atoms with Gasteiger partial charge in [-0.25, -0.2) is 0 Å². The first-order chi connectivity index (χ1) is 6.79. The molecule has 4 heteroatoms. The van der Waals surface area contributed by atoms with Crippen molar-refractivity contribution in [2.45, 2.75) is 19.4 Å². The maximum Gasteiger partial charge on any atom is 0.0561 e. The Morgan fingerprint density at radius 2 is 2.43 bits per heavy atom. The third-order valence-corrected chi connectivity index (χ3v) is 4.68. The van der Waals surface area contributed by atoms with Crippen molar-refractivity contribution in [1.29, 1.82) is 0 Å². The van der Waals surface area contributed by atoms with Crippen molar-refractivity contribution in [3.05, 3.63) is 21.3 Å². The molecule has 1 heterocycles. The fraction of sp³-hybridized carbons (Fsp3) is 0.600. The summed E-state index contributed by atoms with van der Waals surface area (Å²) < 4.78 is 0. The summed E-state index contributed by atoms with van der Waals surface area (Å²) >= 11 is 9.80. The van der Waals surface area contributed by atoms with Gasteiger partial charge in [0.1, 0.15) is 0 Å². The first kappa shape index (κ1) is 12.4. The standard InChI is InChI=1S/C10H16ClNS2/c1-3-5-13-7-9(12-2)10-8(11)4-6-14-10/h4,6,9,12H,3,5,7H2,1-2H3. The quantitative estimate of drug-likeness (QED) is 0.770. The van der Waals surface area contributed by atoms with E-state index in [1.807, 2.05) is 30.3 Å². The van der Waals surface area contributed by atoms with E-state index in [1.54, 1.807) is 11.3 Å². The third-order valence-electron chi connectivity index (χ3n) is 1.94. The van der Waals surface area contributed by atoms with Gasteiger partial charge in [-0.15, -0.1) is 11.3 Å². The summed E-state index contributed by atoms with van der Waals surface area (Å²) in [4.78, 5) is 1.26. The Kier molecular flexibility index (Phi) is 5.94. The Balaban J connectivity index is 2.50. The van der Waals surface area contributed by atoms with Gasteiger partial charge in [0.2, 0.25) is 0 Å². The number of thioether (sulfide) groups is 1. The number of halogens is 1. The van der Waals surface area contributed by atoms with Gasteiger partial charge in [-0.2, -0.15) is 11.8 Å². The highest BCUT2D eigenvalue weighted by atomic mass is 35.5. The molecule has 1 N–H and O–H groups in total. The molecule has 80 valence electrons. The molecule has 0 saturated carbocycles. The highest BCUT2D eigenvalue weighted by Gasteiger charge is 2.13. The molecule has 0 aliphatic rings. The van der Waals surface area contributed by atoms with E-state index in [-0.39, 0.29) is 0 Å². The Morgan fingerprint density at radius 1 is 1.64 bits per heavy atom. The first-order valence-electron chi connectivity index (χ1n) is 4.77. The highest BCUT2D eigenvalue weighted by Crippen LogP contribution is 2.30. The topological polar surface area (TPSA) is 12.0 Å². The lowest BCUT2D eigenvalue weighted by Gasteiger charge is -2.14. The average Bonchev–Trinajstić information content (AvgIpc) is 2.60. The molecular weight excluding hydrogens is 234 g/mol. The zero-order valence-corrected chi connectivity index (χ0v) is 10.9. The zero-order valence-electron chi connectivity index (χ0n) is 8.55. The van der Waals surface area contributed by atoms with Gasteiger partial charge >= 0.3 is 0 Å². The molecule has 1 aromatic heterocycles. The molecule has 0 spiro atoms. The predicted octanol–water partition coefficient (Wildman–Crippen LogP) is 3.81. The molecule has 0 aromatic carbocycles. The van der Waals surface area contributed by atoms with E-state index in [2.05, 4.69) is 12.2 Å². The van der Waals surface area contributed by atoms with Crippen LogP contribution in [0.5, 0.6) is 0 Å². The maximum atomic E-state index is 6.09. The first-order valence-corrected chi connectivity index (χ1v) is 7.18. The summed E-state index contributed by atoms with van der Waals surface area (Å²) in [5, 5.41) is 6.25. The largest absolute Gasteiger partial charge is 0.312 e. The molecule has 1 atom stereocenters. The molecular formula is C10H16ClNS2. The van der Waals surface area contributed by atoms with Gasteiger partial charge in [-0.1, -0.05) is 18.5 Å². The van der Waals surface area contributed by atoms with Gasteiger partial charge in [0.15, 0.2) is 0 Å². The summed E-state index contributed by atoms with van der Waals surface area (Å²) in [6.07, 6.45) is 1.24. The van der Waals surface area contributed by atoms with Crippen molar-refractivity contribution in [2.24, 2.45) is 0 Å². The van der Waals surface area contributed by atoms with Gasteiger partial charge < -0.3 is 5.32 Å². The second-order valence-corrected chi connectivity index (χ2v) is 5.55. The molecule has 0 amide bonds. The highest BCUT2D eigenvalue weighted by molar-refractivity contribution is 7.99. The summed E-state index contributed by atoms with van der Waals surface area (Å²) in [6.45, 7) is 2.21. The normalized spacial score (nSPS) is 13.1. The van der Waals surface area contributed by atoms with Crippen LogP contribution >= 0.6 is 34.7 Å². The zero-order chi connectivity index (χ0) is 10.4. The van der Waals surface area contributed by atoms with Gasteiger partial charge in [-0.05, 0) is 30.7 Å². The fourth-order valence-corrected chi connectivity index (χ4v) is 3.62. The Labute approximate surface area is 99.2 Å². The van der Waals surface area contributed by atoms with E-state index in [1.165, 1.54) is 17.1 Å². The molecule has 0 aliphatic heterocycles. The van der Waals surface area contributed by atoms with Crippen LogP contribution in [0, 0.1) is 0 Å². The molecule has 1 rings (SSSR count). The second-order valence-electron chi connectivity index (χ2n) is 3.05. The maximum absolute atomic E-state index is 6.09. The van der Waals surface area contributed by atoms with Crippen LogP contribution in [0.25, 0.3) is 0 Å². The predicted molar refractivity (Wildman–Crippen MR) is 68.7 cm³/mol. The van der Waals surface area contributed by atoms with E-state index >= 15 is 0 Å². The van der Waals surface area contributed by atoms with Crippen molar-refractivity contribution in [3.8, 4) is 0 Å². The summed E-state index contributed by atoms with van der Waals surface area (Å²) in [7, 11) is 1.99. The van der Waals surface area contributed by atoms with Crippen molar-refractivity contribution < 1.29 is 0 Å². The third kappa shape index (κ3) is 3.46. The second kappa shape index (κ2) is 6.72. The van der Waals surface area contributed by atoms with E-state index in [0.29, 0.717) is 6.04 Å². The van der Waals surface area contributed by atoms with E-state index in [9.17, 15) is 0 Å². The lowest BCUT2D eigenvalue weighted by molar-refractivity contribution is 0.673. The number of hydrogen-bond donors (Lipinski definition) is 1. The molecule has 1 aromatic rings. The smallest absolute Gasteiger partial charge is 0.0561 e. The van der Waals surface area contributed by atoms with Gasteiger partial charge in [-0.3, -0.25) is 0 Å². The lowest BCUT2D eigenvalue weighted by Crippen LogP contribution is -2.18. The summed E-state index contributed by atoms with van der Waals surface area (Å²) in [6, 6.07) is 2.37. The monoisotopic (exact) mass is 249 g/mol. The van der Waals surface area contributed by atoms with Crippen LogP contribution in [-0.2, 0) is 0 Å². The molecule has 0 aliphatic carbocycles. The molecule has 1 nitrogen and oxygen atoms in total. The molecule has 1 unspecified atom stereocenters. The van der Waals surface area contributed by atoms with Gasteiger partial charge in [0, 0.05) is 10.6 Å². The van der Waals surface area contributed by atoms with E-state index < -0.39 is 0 Å². The van der Waals surface area contributed by atoms with Crippen LogP contribution in [0.3, 0.4) is 0 Å². The molecule has 0 fully saturated rings. The Hall–Kier alpha value is 0.300. The van der Waals surface area contributed by atoms with Crippen LogP contribution in [0.1, 0.15) is 24.3 Å². The van der Waals surface area contributed by atoms with Crippen LogP contribution in [0.2, 0.25) is 5.02 Å². The van der Waals surface area contributed by atoms with Crippen molar-refractivity contribution in [2.75, 3.05) is 18.6 Å². The Morgan fingerprint density at radius 3 is 2.93 bits per heavy atom. The van der Waals surface area contributed by atoms with E-state index in [0.717, 1.165) is 10.8 Å². The minimum absolute atomic E-state index is 0.402. The number of rotatable bonds is 6. The van der Waals surface area contributed by atoms with Crippen LogP contribution in [-0.4, -0.2) is 18.6 Å². The van der Waals surface area contributed by atoms with Crippen LogP contribution in [0.4, 0.5) is 0 Å². The van der Waals surface area contributed by atoms with Gasteiger partial charge in [0.25, 0.3) is 0 Å². The summed E-state index contributed by atoms with van der Waals surface area (Å²) in [5.74, 6) is 2.33. The minimum atomic E-state index is 0.402. The minimum Gasteiger partial charge on any atom is -0.312 e. The molecule has 14 heavy (non-hydrogen) atoms. The Bertz CT molecular complexity index is 262. The van der Waals surface area contributed by atoms with Gasteiger partial charge in [0.05, 0.1) is 11.1 Å². The lowest BCUT2D eigenvalue weighted by atomic mass is 10.3. The number of nitrogens with one attached hydrogen (secondary N) is 1. The van der Waals surface area contributed by atoms with Crippen LogP contribution in [0.15, 0.2) is 11.4 Å². The van der Waals surface area contributed by atoms with E-state index in [4.69, 9.17) is 11.6 Å². The SMILES string of the molecule is CCCSCC(NC)c1sccc1Cl. The molecule has 0 saturated heterocycles. The summed E-state index contributed by atoms with van der Waals surface area (Å²) in [5.41, 5.74) is 0. The fourth-order valence-electron chi connectivity index (χ4n) is 1.19. The molecule has 0 radical (unpaired) electrons. The molecule has 0 bridgehead atoms. The number of hydrogen-bond acceptors (Lipinski definition) is 3. The number of thiophene rings is 1. The van der Waals surface area contributed by atoms with Crippen LogP contribution < -0.4 is 5.32 Å².